The summed E-state index contributed by atoms with van der Waals surface area (Å²) >= 11 is 7.14. The third-order valence-corrected chi connectivity index (χ3v) is 4.58. The van der Waals surface area contributed by atoms with E-state index in [1.54, 1.807) is 11.3 Å². The molecule has 2 N–H and O–H groups in total. The molecule has 1 fully saturated rings. The Balaban J connectivity index is 1.90. The highest BCUT2D eigenvalue weighted by molar-refractivity contribution is 7.80. The van der Waals surface area contributed by atoms with Crippen LogP contribution in [0, 0.1) is 6.92 Å². The average molecular weight is 289 g/mol. The second-order valence-corrected chi connectivity index (χ2v) is 6.15. The standard InChI is InChI=1S/C14H15N3S2/c1-10-5-7-11(8-6-10)17-13(18)15-14(2,16-17)12-4-3-9-19-12/h3-9,16H,1-2H3,(H,15,18)/t14-/m0/s1. The highest BCUT2D eigenvalue weighted by atomic mass is 32.1. The molecule has 98 valence electrons. The lowest BCUT2D eigenvalue weighted by Gasteiger charge is -2.24. The lowest BCUT2D eigenvalue weighted by molar-refractivity contribution is 0.398. The molecule has 1 aromatic carbocycles. The number of benzene rings is 1. The van der Waals surface area contributed by atoms with Crippen molar-refractivity contribution in [2.45, 2.75) is 19.5 Å². The lowest BCUT2D eigenvalue weighted by Crippen LogP contribution is -2.45. The minimum Gasteiger partial charge on any atom is -0.337 e. The summed E-state index contributed by atoms with van der Waals surface area (Å²) in [6.07, 6.45) is 0. The third-order valence-electron chi connectivity index (χ3n) is 3.20. The monoisotopic (exact) mass is 289 g/mol. The van der Waals surface area contributed by atoms with Crippen molar-refractivity contribution >= 4 is 34.4 Å². The van der Waals surface area contributed by atoms with Gasteiger partial charge in [-0.1, -0.05) is 23.8 Å². The van der Waals surface area contributed by atoms with Crippen molar-refractivity contribution in [3.8, 4) is 0 Å². The van der Waals surface area contributed by atoms with Crippen molar-refractivity contribution in [2.75, 3.05) is 5.01 Å². The Morgan fingerprint density at radius 1 is 1.21 bits per heavy atom. The molecule has 0 amide bonds. The maximum Gasteiger partial charge on any atom is 0.190 e. The number of rotatable bonds is 2. The Kier molecular flexibility index (Phi) is 3.05. The molecule has 1 aliphatic heterocycles. The molecule has 1 aromatic heterocycles. The van der Waals surface area contributed by atoms with Crippen LogP contribution in [0.2, 0.25) is 0 Å². The zero-order valence-electron chi connectivity index (χ0n) is 10.8. The van der Waals surface area contributed by atoms with Crippen LogP contribution >= 0.6 is 23.6 Å². The Morgan fingerprint density at radius 3 is 2.58 bits per heavy atom. The van der Waals surface area contributed by atoms with E-state index in [1.165, 1.54) is 10.4 Å². The summed E-state index contributed by atoms with van der Waals surface area (Å²) in [4.78, 5) is 1.21. The maximum atomic E-state index is 5.44. The van der Waals surface area contributed by atoms with Gasteiger partial charge in [-0.25, -0.2) is 5.01 Å². The van der Waals surface area contributed by atoms with Crippen LogP contribution in [0.1, 0.15) is 17.4 Å². The molecule has 1 saturated heterocycles. The van der Waals surface area contributed by atoms with Gasteiger partial charge in [0, 0.05) is 4.88 Å². The predicted octanol–water partition coefficient (Wildman–Crippen LogP) is 3.13. The first-order valence-corrected chi connectivity index (χ1v) is 7.38. The van der Waals surface area contributed by atoms with Crippen LogP contribution in [0.4, 0.5) is 5.69 Å². The Morgan fingerprint density at radius 2 is 1.95 bits per heavy atom. The van der Waals surface area contributed by atoms with E-state index in [0.29, 0.717) is 5.11 Å². The van der Waals surface area contributed by atoms with Crippen LogP contribution in [0.25, 0.3) is 0 Å². The number of hydrogen-bond acceptors (Lipinski definition) is 3. The zero-order chi connectivity index (χ0) is 13.5. The number of thiophene rings is 1. The van der Waals surface area contributed by atoms with Crippen LogP contribution in [0.3, 0.4) is 0 Å². The Labute approximate surface area is 122 Å². The quantitative estimate of drug-likeness (QED) is 0.831. The SMILES string of the molecule is Cc1ccc(N2N[C@@](C)(c3cccs3)NC2=S)cc1. The first kappa shape index (κ1) is 12.6. The molecule has 1 atom stereocenters. The third kappa shape index (κ3) is 2.25. The van der Waals surface area contributed by atoms with E-state index < -0.39 is 0 Å². The van der Waals surface area contributed by atoms with Crippen molar-refractivity contribution in [1.29, 1.82) is 0 Å². The Hall–Kier alpha value is -1.43. The largest absolute Gasteiger partial charge is 0.337 e. The van der Waals surface area contributed by atoms with E-state index in [0.717, 1.165) is 5.69 Å². The number of thiocarbonyl (C=S) groups is 1. The van der Waals surface area contributed by atoms with Gasteiger partial charge in [0.25, 0.3) is 0 Å². The van der Waals surface area contributed by atoms with Gasteiger partial charge in [0.2, 0.25) is 0 Å². The summed E-state index contributed by atoms with van der Waals surface area (Å²) in [5, 5.41) is 8.04. The molecule has 3 rings (SSSR count). The zero-order valence-corrected chi connectivity index (χ0v) is 12.4. The van der Waals surface area contributed by atoms with Gasteiger partial charge in [-0.2, -0.15) is 5.43 Å². The predicted molar refractivity (Wildman–Crippen MR) is 84.2 cm³/mol. The molecule has 0 spiro atoms. The highest BCUT2D eigenvalue weighted by Crippen LogP contribution is 2.29. The summed E-state index contributed by atoms with van der Waals surface area (Å²) in [5.41, 5.74) is 5.39. The van der Waals surface area contributed by atoms with Crippen LogP contribution < -0.4 is 15.8 Å². The van der Waals surface area contributed by atoms with Gasteiger partial charge in [0.05, 0.1) is 5.69 Å². The summed E-state index contributed by atoms with van der Waals surface area (Å²) in [5.74, 6) is 0. The molecule has 1 aliphatic rings. The van der Waals surface area contributed by atoms with E-state index in [-0.39, 0.29) is 5.66 Å². The summed E-state index contributed by atoms with van der Waals surface area (Å²) in [7, 11) is 0. The van der Waals surface area contributed by atoms with Crippen molar-refractivity contribution in [3.05, 3.63) is 52.2 Å². The van der Waals surface area contributed by atoms with Crippen LogP contribution in [-0.4, -0.2) is 5.11 Å². The number of nitrogens with one attached hydrogen (secondary N) is 2. The van der Waals surface area contributed by atoms with Gasteiger partial charge >= 0.3 is 0 Å². The number of anilines is 1. The lowest BCUT2D eigenvalue weighted by atomic mass is 10.2. The molecule has 3 nitrogen and oxygen atoms in total. The highest BCUT2D eigenvalue weighted by Gasteiger charge is 2.38. The fraction of sp³-hybridized carbons (Fsp3) is 0.214. The minimum absolute atomic E-state index is 0.337. The maximum absolute atomic E-state index is 5.44. The number of nitrogens with zero attached hydrogens (tertiary/aromatic N) is 1. The summed E-state index contributed by atoms with van der Waals surface area (Å²) < 4.78 is 0. The van der Waals surface area contributed by atoms with E-state index >= 15 is 0 Å². The van der Waals surface area contributed by atoms with Gasteiger partial charge in [-0.05, 0) is 49.6 Å². The molecule has 0 saturated carbocycles. The molecule has 0 unspecified atom stereocenters. The topological polar surface area (TPSA) is 27.3 Å². The molecule has 2 aromatic rings. The average Bonchev–Trinajstić information content (AvgIpc) is 2.99. The van der Waals surface area contributed by atoms with E-state index in [1.807, 2.05) is 11.1 Å². The van der Waals surface area contributed by atoms with Gasteiger partial charge in [-0.15, -0.1) is 11.3 Å². The molecule has 19 heavy (non-hydrogen) atoms. The van der Waals surface area contributed by atoms with Gasteiger partial charge in [0.1, 0.15) is 5.66 Å². The second-order valence-electron chi connectivity index (χ2n) is 4.82. The number of hydrogen-bond donors (Lipinski definition) is 2. The minimum atomic E-state index is -0.337. The molecule has 0 bridgehead atoms. The smallest absolute Gasteiger partial charge is 0.190 e. The van der Waals surface area contributed by atoms with E-state index in [2.05, 4.69) is 60.3 Å². The number of hydrazine groups is 1. The molecule has 0 radical (unpaired) electrons. The molecule has 2 heterocycles. The second kappa shape index (κ2) is 4.59. The summed E-state index contributed by atoms with van der Waals surface area (Å²) in [6.45, 7) is 4.17. The van der Waals surface area contributed by atoms with Crippen molar-refractivity contribution < 1.29 is 0 Å². The molecule has 5 heteroatoms. The van der Waals surface area contributed by atoms with Crippen molar-refractivity contribution in [2.24, 2.45) is 0 Å². The molecular weight excluding hydrogens is 274 g/mol. The van der Waals surface area contributed by atoms with Crippen LogP contribution in [0.5, 0.6) is 0 Å². The molecule has 0 aliphatic carbocycles. The first-order chi connectivity index (χ1) is 9.08. The summed E-state index contributed by atoms with van der Waals surface area (Å²) in [6, 6.07) is 12.5. The molecular formula is C14H15N3S2. The fourth-order valence-electron chi connectivity index (χ4n) is 2.13. The van der Waals surface area contributed by atoms with E-state index in [4.69, 9.17) is 12.2 Å². The van der Waals surface area contributed by atoms with Gasteiger partial charge in [-0.3, -0.25) is 0 Å². The fourth-order valence-corrected chi connectivity index (χ4v) is 3.28. The normalized spacial score (nSPS) is 22.6. The van der Waals surface area contributed by atoms with Crippen molar-refractivity contribution in [1.82, 2.24) is 10.7 Å². The van der Waals surface area contributed by atoms with Crippen LogP contribution in [0.15, 0.2) is 41.8 Å². The van der Waals surface area contributed by atoms with Crippen molar-refractivity contribution in [3.63, 3.8) is 0 Å². The van der Waals surface area contributed by atoms with Gasteiger partial charge in [0.15, 0.2) is 5.11 Å². The number of aryl methyl sites for hydroxylation is 1. The van der Waals surface area contributed by atoms with Crippen LogP contribution in [-0.2, 0) is 5.66 Å². The van der Waals surface area contributed by atoms with Gasteiger partial charge < -0.3 is 5.32 Å². The first-order valence-electron chi connectivity index (χ1n) is 6.09. The Bertz CT molecular complexity index is 592. The van der Waals surface area contributed by atoms with E-state index in [9.17, 15) is 0 Å².